The summed E-state index contributed by atoms with van der Waals surface area (Å²) >= 11 is 0. The number of carbonyl (C=O) groups excluding carboxylic acids is 1. The average molecular weight is 282 g/mol. The van der Waals surface area contributed by atoms with E-state index in [0.717, 1.165) is 24.2 Å². The van der Waals surface area contributed by atoms with Crippen LogP contribution in [0.5, 0.6) is 0 Å². The lowest BCUT2D eigenvalue weighted by Crippen LogP contribution is -2.13. The van der Waals surface area contributed by atoms with Crippen LogP contribution in [0.4, 0.5) is 5.69 Å². The maximum absolute atomic E-state index is 12.0. The molecule has 1 aromatic heterocycles. The molecule has 0 bridgehead atoms. The molecule has 1 heterocycles. The maximum Gasteiger partial charge on any atom is 0.340 e. The SMILES string of the molecule is CCOC(=O)c1ccccc1NC1CCc2cccnc21. The van der Waals surface area contributed by atoms with E-state index in [1.807, 2.05) is 37.4 Å². The monoisotopic (exact) mass is 282 g/mol. The highest BCUT2D eigenvalue weighted by Crippen LogP contribution is 2.33. The van der Waals surface area contributed by atoms with Crippen LogP contribution < -0.4 is 5.32 Å². The Morgan fingerprint density at radius 1 is 1.33 bits per heavy atom. The Kier molecular flexibility index (Phi) is 3.86. The van der Waals surface area contributed by atoms with E-state index < -0.39 is 0 Å². The number of pyridine rings is 1. The lowest BCUT2D eigenvalue weighted by Gasteiger charge is -2.17. The van der Waals surface area contributed by atoms with Crippen LogP contribution in [0.1, 0.15) is 41.0 Å². The summed E-state index contributed by atoms with van der Waals surface area (Å²) in [5.74, 6) is -0.292. The molecule has 3 rings (SSSR count). The van der Waals surface area contributed by atoms with Crippen LogP contribution in [-0.4, -0.2) is 17.6 Å². The van der Waals surface area contributed by atoms with E-state index in [0.29, 0.717) is 12.2 Å². The van der Waals surface area contributed by atoms with Gasteiger partial charge in [0.1, 0.15) is 0 Å². The fraction of sp³-hybridized carbons (Fsp3) is 0.294. The summed E-state index contributed by atoms with van der Waals surface area (Å²) in [6, 6.07) is 11.7. The molecule has 1 atom stereocenters. The molecular weight excluding hydrogens is 264 g/mol. The normalized spacial score (nSPS) is 16.3. The number of nitrogens with zero attached hydrogens (tertiary/aromatic N) is 1. The second-order valence-electron chi connectivity index (χ2n) is 5.05. The molecular formula is C17H18N2O2. The van der Waals surface area contributed by atoms with Crippen LogP contribution in [-0.2, 0) is 11.2 Å². The number of hydrogen-bond acceptors (Lipinski definition) is 4. The molecule has 1 aliphatic rings. The van der Waals surface area contributed by atoms with Crippen LogP contribution in [0, 0.1) is 0 Å². The summed E-state index contributed by atoms with van der Waals surface area (Å²) in [6.07, 6.45) is 3.82. The minimum absolute atomic E-state index is 0.150. The number of anilines is 1. The maximum atomic E-state index is 12.0. The van der Waals surface area contributed by atoms with Crippen LogP contribution in [0.25, 0.3) is 0 Å². The number of rotatable bonds is 4. The zero-order valence-corrected chi connectivity index (χ0v) is 12.0. The summed E-state index contributed by atoms with van der Waals surface area (Å²) in [5.41, 5.74) is 3.74. The topological polar surface area (TPSA) is 51.2 Å². The van der Waals surface area contributed by atoms with E-state index in [9.17, 15) is 4.79 Å². The molecule has 0 spiro atoms. The molecule has 1 unspecified atom stereocenters. The summed E-state index contributed by atoms with van der Waals surface area (Å²) in [5, 5.41) is 3.44. The molecule has 0 saturated carbocycles. The molecule has 1 aromatic carbocycles. The van der Waals surface area contributed by atoms with Crippen LogP contribution in [0.3, 0.4) is 0 Å². The Hall–Kier alpha value is -2.36. The number of fused-ring (bicyclic) bond motifs is 1. The smallest absolute Gasteiger partial charge is 0.340 e. The number of ether oxygens (including phenoxy) is 1. The predicted molar refractivity (Wildman–Crippen MR) is 81.3 cm³/mol. The predicted octanol–water partition coefficient (Wildman–Crippen LogP) is 3.36. The van der Waals surface area contributed by atoms with Gasteiger partial charge >= 0.3 is 5.97 Å². The van der Waals surface area contributed by atoms with E-state index in [2.05, 4.69) is 16.4 Å². The molecule has 4 heteroatoms. The Balaban J connectivity index is 1.85. The molecule has 0 aliphatic heterocycles. The number of carbonyl (C=O) groups is 1. The summed E-state index contributed by atoms with van der Waals surface area (Å²) < 4.78 is 5.11. The Morgan fingerprint density at radius 2 is 2.19 bits per heavy atom. The van der Waals surface area contributed by atoms with Crippen molar-refractivity contribution in [1.82, 2.24) is 4.98 Å². The van der Waals surface area contributed by atoms with Crippen molar-refractivity contribution in [1.29, 1.82) is 0 Å². The average Bonchev–Trinajstić information content (AvgIpc) is 2.91. The van der Waals surface area contributed by atoms with Gasteiger partial charge in [-0.2, -0.15) is 0 Å². The first kappa shape index (κ1) is 13.6. The molecule has 21 heavy (non-hydrogen) atoms. The number of benzene rings is 1. The van der Waals surface area contributed by atoms with Crippen LogP contribution >= 0.6 is 0 Å². The number of aryl methyl sites for hydroxylation is 1. The second kappa shape index (κ2) is 5.95. The van der Waals surface area contributed by atoms with Crippen molar-refractivity contribution < 1.29 is 9.53 Å². The van der Waals surface area contributed by atoms with Gasteiger partial charge in [-0.05, 0) is 43.5 Å². The molecule has 0 fully saturated rings. The first-order valence-corrected chi connectivity index (χ1v) is 7.26. The van der Waals surface area contributed by atoms with Crippen molar-refractivity contribution in [3.63, 3.8) is 0 Å². The van der Waals surface area contributed by atoms with Gasteiger partial charge in [-0.3, -0.25) is 4.98 Å². The van der Waals surface area contributed by atoms with Crippen molar-refractivity contribution in [2.75, 3.05) is 11.9 Å². The fourth-order valence-corrected chi connectivity index (χ4v) is 2.74. The van der Waals surface area contributed by atoms with Gasteiger partial charge in [-0.15, -0.1) is 0 Å². The Bertz CT molecular complexity index is 655. The van der Waals surface area contributed by atoms with Gasteiger partial charge in [0.25, 0.3) is 0 Å². The zero-order valence-electron chi connectivity index (χ0n) is 12.0. The van der Waals surface area contributed by atoms with Crippen molar-refractivity contribution in [3.8, 4) is 0 Å². The van der Waals surface area contributed by atoms with Crippen molar-refractivity contribution in [2.24, 2.45) is 0 Å². The Labute approximate surface area is 124 Å². The first-order valence-electron chi connectivity index (χ1n) is 7.26. The number of nitrogens with one attached hydrogen (secondary N) is 1. The highest BCUT2D eigenvalue weighted by atomic mass is 16.5. The number of para-hydroxylation sites is 1. The third kappa shape index (κ3) is 2.75. The molecule has 2 aromatic rings. The van der Waals surface area contributed by atoms with E-state index >= 15 is 0 Å². The third-order valence-electron chi connectivity index (χ3n) is 3.71. The second-order valence-corrected chi connectivity index (χ2v) is 5.05. The molecule has 1 N–H and O–H groups in total. The summed E-state index contributed by atoms with van der Waals surface area (Å²) in [6.45, 7) is 2.19. The lowest BCUT2D eigenvalue weighted by molar-refractivity contribution is 0.0527. The largest absolute Gasteiger partial charge is 0.462 e. The van der Waals surface area contributed by atoms with Crippen LogP contribution in [0.2, 0.25) is 0 Å². The van der Waals surface area contributed by atoms with E-state index in [-0.39, 0.29) is 12.0 Å². The number of esters is 1. The lowest BCUT2D eigenvalue weighted by atomic mass is 10.1. The molecule has 108 valence electrons. The van der Waals surface area contributed by atoms with E-state index in [1.165, 1.54) is 5.56 Å². The molecule has 4 nitrogen and oxygen atoms in total. The van der Waals surface area contributed by atoms with Gasteiger partial charge in [0.05, 0.1) is 23.9 Å². The van der Waals surface area contributed by atoms with Gasteiger partial charge in [0, 0.05) is 11.9 Å². The van der Waals surface area contributed by atoms with E-state index in [1.54, 1.807) is 6.07 Å². The van der Waals surface area contributed by atoms with Crippen LogP contribution in [0.15, 0.2) is 42.6 Å². The number of aromatic nitrogens is 1. The molecule has 0 amide bonds. The Morgan fingerprint density at radius 3 is 3.05 bits per heavy atom. The molecule has 0 radical (unpaired) electrons. The molecule has 0 saturated heterocycles. The minimum atomic E-state index is -0.292. The van der Waals surface area contributed by atoms with Crippen molar-refractivity contribution in [3.05, 3.63) is 59.4 Å². The molecule has 1 aliphatic carbocycles. The van der Waals surface area contributed by atoms with Gasteiger partial charge in [0.15, 0.2) is 0 Å². The summed E-state index contributed by atoms with van der Waals surface area (Å²) in [7, 11) is 0. The standard InChI is InChI=1S/C17H18N2O2/c1-2-21-17(20)13-7-3-4-8-14(13)19-15-10-9-12-6-5-11-18-16(12)15/h3-8,11,15,19H,2,9-10H2,1H3. The highest BCUT2D eigenvalue weighted by molar-refractivity contribution is 5.95. The van der Waals surface area contributed by atoms with Gasteiger partial charge in [-0.1, -0.05) is 18.2 Å². The van der Waals surface area contributed by atoms with Crippen molar-refractivity contribution in [2.45, 2.75) is 25.8 Å². The zero-order chi connectivity index (χ0) is 14.7. The summed E-state index contributed by atoms with van der Waals surface area (Å²) in [4.78, 5) is 16.5. The minimum Gasteiger partial charge on any atom is -0.462 e. The first-order chi connectivity index (χ1) is 10.3. The van der Waals surface area contributed by atoms with Crippen molar-refractivity contribution >= 4 is 11.7 Å². The van der Waals surface area contributed by atoms with Gasteiger partial charge in [-0.25, -0.2) is 4.79 Å². The fourth-order valence-electron chi connectivity index (χ4n) is 2.74. The van der Waals surface area contributed by atoms with Gasteiger partial charge in [0.2, 0.25) is 0 Å². The van der Waals surface area contributed by atoms with E-state index in [4.69, 9.17) is 4.74 Å². The quantitative estimate of drug-likeness (QED) is 0.874. The third-order valence-corrected chi connectivity index (χ3v) is 3.71. The highest BCUT2D eigenvalue weighted by Gasteiger charge is 2.24. The number of hydrogen-bond donors (Lipinski definition) is 1. The van der Waals surface area contributed by atoms with Gasteiger partial charge < -0.3 is 10.1 Å².